The third-order valence-corrected chi connectivity index (χ3v) is 3.84. The molecule has 0 aromatic rings. The Morgan fingerprint density at radius 1 is 1.31 bits per heavy atom. The minimum absolute atomic E-state index is 0.404. The molecule has 0 aromatic heterocycles. The normalized spacial score (nSPS) is 30.0. The van der Waals surface area contributed by atoms with Crippen molar-refractivity contribution in [1.82, 2.24) is 5.32 Å². The molecule has 0 aromatic carbocycles. The van der Waals surface area contributed by atoms with Gasteiger partial charge in [-0.2, -0.15) is 0 Å². The Morgan fingerprint density at radius 2 is 2.12 bits per heavy atom. The van der Waals surface area contributed by atoms with E-state index in [1.165, 1.54) is 25.7 Å². The molecule has 1 saturated heterocycles. The molecule has 3 atom stereocenters. The van der Waals surface area contributed by atoms with E-state index in [2.05, 4.69) is 19.3 Å². The quantitative estimate of drug-likeness (QED) is 0.751. The summed E-state index contributed by atoms with van der Waals surface area (Å²) in [5.74, 6) is 1.43. The van der Waals surface area contributed by atoms with Crippen LogP contribution in [0.1, 0.15) is 32.6 Å². The van der Waals surface area contributed by atoms with Crippen molar-refractivity contribution in [3.63, 3.8) is 0 Å². The average molecular weight is 227 g/mol. The minimum Gasteiger partial charge on any atom is -0.381 e. The molecule has 16 heavy (non-hydrogen) atoms. The van der Waals surface area contributed by atoms with Gasteiger partial charge in [0.1, 0.15) is 0 Å². The van der Waals surface area contributed by atoms with E-state index in [-0.39, 0.29) is 0 Å². The molecule has 3 nitrogen and oxygen atoms in total. The summed E-state index contributed by atoms with van der Waals surface area (Å²) in [7, 11) is 2.06. The molecule has 0 spiro atoms. The zero-order valence-corrected chi connectivity index (χ0v) is 10.6. The first kappa shape index (κ1) is 12.3. The number of nitrogens with one attached hydrogen (secondary N) is 1. The lowest BCUT2D eigenvalue weighted by atomic mass is 9.88. The number of rotatable bonds is 6. The van der Waals surface area contributed by atoms with Gasteiger partial charge in [-0.25, -0.2) is 0 Å². The molecule has 2 fully saturated rings. The largest absolute Gasteiger partial charge is 0.381 e. The summed E-state index contributed by atoms with van der Waals surface area (Å²) in [5, 5.41) is 3.47. The van der Waals surface area contributed by atoms with Crippen LogP contribution in [0.2, 0.25) is 0 Å². The Balaban J connectivity index is 1.94. The Labute approximate surface area is 98.9 Å². The lowest BCUT2D eigenvalue weighted by Gasteiger charge is -2.35. The van der Waals surface area contributed by atoms with Gasteiger partial charge in [-0.3, -0.25) is 0 Å². The second-order valence-corrected chi connectivity index (χ2v) is 5.05. The zero-order valence-electron chi connectivity index (χ0n) is 10.6. The SMILES string of the molecule is CCOC(C1CC1)C(NC)C1CCCOC1. The molecule has 0 radical (unpaired) electrons. The fraction of sp³-hybridized carbons (Fsp3) is 1.00. The molecule has 2 aliphatic rings. The average Bonchev–Trinajstić information content (AvgIpc) is 3.14. The maximum Gasteiger partial charge on any atom is 0.0759 e. The predicted molar refractivity (Wildman–Crippen MR) is 64.5 cm³/mol. The fourth-order valence-electron chi connectivity index (χ4n) is 2.87. The number of hydrogen-bond acceptors (Lipinski definition) is 3. The van der Waals surface area contributed by atoms with Crippen LogP contribution in [0.3, 0.4) is 0 Å². The van der Waals surface area contributed by atoms with Gasteiger partial charge in [0.05, 0.1) is 12.7 Å². The van der Waals surface area contributed by atoms with Crippen molar-refractivity contribution < 1.29 is 9.47 Å². The molecule has 0 amide bonds. The molecule has 2 rings (SSSR count). The van der Waals surface area contributed by atoms with Crippen LogP contribution in [0.5, 0.6) is 0 Å². The first-order valence-corrected chi connectivity index (χ1v) is 6.73. The molecule has 1 aliphatic carbocycles. The molecular weight excluding hydrogens is 202 g/mol. The summed E-state index contributed by atoms with van der Waals surface area (Å²) in [6, 6.07) is 0.479. The van der Waals surface area contributed by atoms with Crippen molar-refractivity contribution in [2.75, 3.05) is 26.9 Å². The van der Waals surface area contributed by atoms with Crippen LogP contribution in [-0.4, -0.2) is 39.0 Å². The first-order chi connectivity index (χ1) is 7.86. The summed E-state index contributed by atoms with van der Waals surface area (Å²) in [6.07, 6.45) is 5.57. The molecule has 1 N–H and O–H groups in total. The Bertz CT molecular complexity index is 200. The van der Waals surface area contributed by atoms with Crippen LogP contribution < -0.4 is 5.32 Å². The van der Waals surface area contributed by atoms with Crippen LogP contribution >= 0.6 is 0 Å². The van der Waals surface area contributed by atoms with E-state index in [9.17, 15) is 0 Å². The standard InChI is InChI=1S/C13H25NO2/c1-3-16-13(10-6-7-10)12(14-2)11-5-4-8-15-9-11/h10-14H,3-9H2,1-2H3. The fourth-order valence-corrected chi connectivity index (χ4v) is 2.87. The van der Waals surface area contributed by atoms with Gasteiger partial charge >= 0.3 is 0 Å². The highest BCUT2D eigenvalue weighted by Crippen LogP contribution is 2.38. The molecule has 94 valence electrons. The van der Waals surface area contributed by atoms with E-state index in [0.29, 0.717) is 18.1 Å². The van der Waals surface area contributed by atoms with Crippen LogP contribution in [0.4, 0.5) is 0 Å². The molecule has 0 bridgehead atoms. The van der Waals surface area contributed by atoms with Gasteiger partial charge < -0.3 is 14.8 Å². The molecule has 1 saturated carbocycles. The molecule has 3 unspecified atom stereocenters. The van der Waals surface area contributed by atoms with E-state index in [1.54, 1.807) is 0 Å². The van der Waals surface area contributed by atoms with Gasteiger partial charge in [0.25, 0.3) is 0 Å². The highest BCUT2D eigenvalue weighted by molar-refractivity contribution is 4.93. The van der Waals surface area contributed by atoms with Gasteiger partial charge in [-0.05, 0) is 45.6 Å². The Hall–Kier alpha value is -0.120. The summed E-state index contributed by atoms with van der Waals surface area (Å²) in [4.78, 5) is 0. The molecule has 3 heteroatoms. The molecule has 1 aliphatic heterocycles. The minimum atomic E-state index is 0.404. The molecular formula is C13H25NO2. The van der Waals surface area contributed by atoms with Crippen LogP contribution in [-0.2, 0) is 9.47 Å². The van der Waals surface area contributed by atoms with Crippen LogP contribution in [0.25, 0.3) is 0 Å². The third-order valence-electron chi connectivity index (χ3n) is 3.84. The smallest absolute Gasteiger partial charge is 0.0759 e. The van der Waals surface area contributed by atoms with E-state index in [1.807, 2.05) is 0 Å². The van der Waals surface area contributed by atoms with Crippen molar-refractivity contribution in [1.29, 1.82) is 0 Å². The summed E-state index contributed by atoms with van der Waals surface area (Å²) >= 11 is 0. The van der Waals surface area contributed by atoms with E-state index in [4.69, 9.17) is 9.47 Å². The summed E-state index contributed by atoms with van der Waals surface area (Å²) in [5.41, 5.74) is 0. The van der Waals surface area contributed by atoms with E-state index in [0.717, 1.165) is 25.7 Å². The first-order valence-electron chi connectivity index (χ1n) is 6.73. The maximum atomic E-state index is 5.95. The number of likely N-dealkylation sites (N-methyl/N-ethyl adjacent to an activating group) is 1. The zero-order chi connectivity index (χ0) is 11.4. The van der Waals surface area contributed by atoms with Gasteiger partial charge in [0.2, 0.25) is 0 Å². The highest BCUT2D eigenvalue weighted by Gasteiger charge is 2.40. The second-order valence-electron chi connectivity index (χ2n) is 5.05. The van der Waals surface area contributed by atoms with Crippen molar-refractivity contribution in [2.24, 2.45) is 11.8 Å². The van der Waals surface area contributed by atoms with Crippen molar-refractivity contribution in [3.8, 4) is 0 Å². The Morgan fingerprint density at radius 3 is 2.62 bits per heavy atom. The second kappa shape index (κ2) is 5.99. The van der Waals surface area contributed by atoms with Gasteiger partial charge in [0, 0.05) is 25.2 Å². The van der Waals surface area contributed by atoms with E-state index >= 15 is 0 Å². The number of hydrogen-bond donors (Lipinski definition) is 1. The predicted octanol–water partition coefficient (Wildman–Crippen LogP) is 1.82. The van der Waals surface area contributed by atoms with Crippen LogP contribution in [0.15, 0.2) is 0 Å². The van der Waals surface area contributed by atoms with Crippen LogP contribution in [0, 0.1) is 11.8 Å². The van der Waals surface area contributed by atoms with E-state index < -0.39 is 0 Å². The lowest BCUT2D eigenvalue weighted by Crippen LogP contribution is -2.48. The Kier molecular flexibility index (Phi) is 4.62. The maximum absolute atomic E-state index is 5.95. The van der Waals surface area contributed by atoms with Crippen molar-refractivity contribution in [3.05, 3.63) is 0 Å². The van der Waals surface area contributed by atoms with Gasteiger partial charge in [-0.1, -0.05) is 0 Å². The third kappa shape index (κ3) is 2.96. The topological polar surface area (TPSA) is 30.5 Å². The monoisotopic (exact) mass is 227 g/mol. The van der Waals surface area contributed by atoms with Gasteiger partial charge in [0.15, 0.2) is 0 Å². The summed E-state index contributed by atoms with van der Waals surface area (Å²) in [6.45, 7) is 4.77. The lowest BCUT2D eigenvalue weighted by molar-refractivity contribution is -0.0298. The number of ether oxygens (including phenoxy) is 2. The summed E-state index contributed by atoms with van der Waals surface area (Å²) < 4.78 is 11.6. The molecule has 1 heterocycles. The van der Waals surface area contributed by atoms with Crippen molar-refractivity contribution in [2.45, 2.75) is 44.8 Å². The highest BCUT2D eigenvalue weighted by atomic mass is 16.5. The van der Waals surface area contributed by atoms with Crippen molar-refractivity contribution >= 4 is 0 Å². The van der Waals surface area contributed by atoms with Gasteiger partial charge in [-0.15, -0.1) is 0 Å².